The van der Waals surface area contributed by atoms with Crippen molar-refractivity contribution in [3.63, 3.8) is 0 Å². The van der Waals surface area contributed by atoms with Gasteiger partial charge in [0.15, 0.2) is 0 Å². The second-order valence-corrected chi connectivity index (χ2v) is 7.12. The Labute approximate surface area is 147 Å². The molecule has 25 heavy (non-hydrogen) atoms. The Kier molecular flexibility index (Phi) is 4.11. The second-order valence-electron chi connectivity index (χ2n) is 7.12. The molecule has 2 aliphatic heterocycles. The number of nitrogens with zero attached hydrogens (tertiary/aromatic N) is 5. The van der Waals surface area contributed by atoms with Gasteiger partial charge in [0, 0.05) is 56.9 Å². The zero-order chi connectivity index (χ0) is 17.3. The average molecular weight is 337 g/mol. The third-order valence-electron chi connectivity index (χ3n) is 5.67. The van der Waals surface area contributed by atoms with Crippen molar-refractivity contribution in [2.45, 2.75) is 31.7 Å². The van der Waals surface area contributed by atoms with Gasteiger partial charge in [-0.15, -0.1) is 0 Å². The lowest BCUT2D eigenvalue weighted by Gasteiger charge is -2.37. The number of aromatic nitrogens is 3. The molecule has 0 bridgehead atoms. The maximum Gasteiger partial charge on any atom is 0.229 e. The number of hydrogen-bond acceptors (Lipinski definition) is 5. The molecule has 2 saturated heterocycles. The minimum atomic E-state index is -0.223. The first kappa shape index (κ1) is 16.0. The van der Waals surface area contributed by atoms with Gasteiger partial charge in [0.25, 0.3) is 0 Å². The molecule has 6 heteroatoms. The molecule has 1 spiro atoms. The molecular weight excluding hydrogens is 314 g/mol. The van der Waals surface area contributed by atoms with Crippen LogP contribution in [-0.2, 0) is 11.2 Å². The van der Waals surface area contributed by atoms with Crippen LogP contribution in [0, 0.1) is 5.41 Å². The smallest absolute Gasteiger partial charge is 0.229 e. The molecule has 2 aliphatic rings. The molecule has 6 nitrogen and oxygen atoms in total. The quantitative estimate of drug-likeness (QED) is 0.856. The number of anilines is 1. The number of amides is 1. The Bertz CT molecular complexity index is 728. The molecule has 0 radical (unpaired) electrons. The summed E-state index contributed by atoms with van der Waals surface area (Å²) in [6.45, 7) is 1.67. The van der Waals surface area contributed by atoms with E-state index < -0.39 is 0 Å². The van der Waals surface area contributed by atoms with Crippen molar-refractivity contribution in [3.05, 3.63) is 48.5 Å². The lowest BCUT2D eigenvalue weighted by atomic mass is 9.75. The van der Waals surface area contributed by atoms with Gasteiger partial charge in [0.1, 0.15) is 0 Å². The van der Waals surface area contributed by atoms with Crippen LogP contribution >= 0.6 is 0 Å². The van der Waals surface area contributed by atoms with Crippen molar-refractivity contribution >= 4 is 11.9 Å². The summed E-state index contributed by atoms with van der Waals surface area (Å²) >= 11 is 0. The standard InChI is InChI=1S/C19H23N5O/c1-23-16(13-15-5-2-3-8-20-15)14-19(17(23)25)6-11-24(12-7-19)18-21-9-4-10-22-18/h2-5,8-10,16H,6-7,11-14H2,1H3/t16-/m1/s1. The maximum absolute atomic E-state index is 13.0. The number of carbonyl (C=O) groups excluding carboxylic acids is 1. The third-order valence-corrected chi connectivity index (χ3v) is 5.67. The summed E-state index contributed by atoms with van der Waals surface area (Å²) in [5.41, 5.74) is 0.832. The van der Waals surface area contributed by atoms with Crippen LogP contribution in [0.4, 0.5) is 5.95 Å². The highest BCUT2D eigenvalue weighted by molar-refractivity contribution is 5.85. The summed E-state index contributed by atoms with van der Waals surface area (Å²) in [7, 11) is 1.94. The molecule has 1 atom stereocenters. The minimum Gasteiger partial charge on any atom is -0.342 e. The number of piperidine rings is 1. The van der Waals surface area contributed by atoms with Gasteiger partial charge < -0.3 is 9.80 Å². The molecule has 4 rings (SSSR count). The molecule has 2 aromatic rings. The van der Waals surface area contributed by atoms with E-state index in [-0.39, 0.29) is 11.5 Å². The molecule has 2 fully saturated rings. The molecule has 0 aromatic carbocycles. The van der Waals surface area contributed by atoms with E-state index in [0.29, 0.717) is 5.91 Å². The first-order valence-electron chi connectivity index (χ1n) is 8.87. The van der Waals surface area contributed by atoms with Crippen LogP contribution in [0.1, 0.15) is 25.0 Å². The van der Waals surface area contributed by atoms with Crippen LogP contribution in [0.5, 0.6) is 0 Å². The molecule has 2 aromatic heterocycles. The number of rotatable bonds is 3. The van der Waals surface area contributed by atoms with Gasteiger partial charge in [0.2, 0.25) is 11.9 Å². The number of carbonyl (C=O) groups is 1. The van der Waals surface area contributed by atoms with E-state index in [1.807, 2.05) is 42.4 Å². The van der Waals surface area contributed by atoms with Crippen LogP contribution in [0.2, 0.25) is 0 Å². The van der Waals surface area contributed by atoms with E-state index in [2.05, 4.69) is 19.9 Å². The summed E-state index contributed by atoms with van der Waals surface area (Å²) in [5, 5.41) is 0. The van der Waals surface area contributed by atoms with Gasteiger partial charge in [-0.1, -0.05) is 6.07 Å². The minimum absolute atomic E-state index is 0.223. The first-order valence-corrected chi connectivity index (χ1v) is 8.87. The van der Waals surface area contributed by atoms with Gasteiger partial charge >= 0.3 is 0 Å². The molecule has 4 heterocycles. The Hall–Kier alpha value is -2.50. The van der Waals surface area contributed by atoms with Crippen molar-refractivity contribution in [1.82, 2.24) is 19.9 Å². The van der Waals surface area contributed by atoms with E-state index >= 15 is 0 Å². The van der Waals surface area contributed by atoms with E-state index in [1.54, 1.807) is 12.4 Å². The molecule has 0 aliphatic carbocycles. The highest BCUT2D eigenvalue weighted by Gasteiger charge is 2.51. The van der Waals surface area contributed by atoms with Gasteiger partial charge in [-0.25, -0.2) is 9.97 Å². The summed E-state index contributed by atoms with van der Waals surface area (Å²) < 4.78 is 0. The van der Waals surface area contributed by atoms with Gasteiger partial charge in [-0.3, -0.25) is 9.78 Å². The summed E-state index contributed by atoms with van der Waals surface area (Å²) in [6.07, 6.45) is 8.84. The Morgan fingerprint density at radius 3 is 2.48 bits per heavy atom. The van der Waals surface area contributed by atoms with Crippen LogP contribution < -0.4 is 4.90 Å². The van der Waals surface area contributed by atoms with Crippen LogP contribution in [0.25, 0.3) is 0 Å². The SMILES string of the molecule is CN1C(=O)C2(CCN(c3ncccn3)CC2)C[C@H]1Cc1ccccn1. The van der Waals surface area contributed by atoms with E-state index in [0.717, 1.165) is 50.4 Å². The lowest BCUT2D eigenvalue weighted by Crippen LogP contribution is -2.44. The summed E-state index contributed by atoms with van der Waals surface area (Å²) in [5.74, 6) is 1.06. The highest BCUT2D eigenvalue weighted by Crippen LogP contribution is 2.44. The zero-order valence-corrected chi connectivity index (χ0v) is 14.5. The molecule has 1 amide bonds. The fourth-order valence-corrected chi connectivity index (χ4v) is 4.19. The topological polar surface area (TPSA) is 62.2 Å². The molecule has 0 unspecified atom stereocenters. The van der Waals surface area contributed by atoms with Crippen LogP contribution in [0.3, 0.4) is 0 Å². The molecule has 130 valence electrons. The zero-order valence-electron chi connectivity index (χ0n) is 14.5. The number of likely N-dealkylation sites (N-methyl/N-ethyl adjacent to an activating group) is 1. The predicted molar refractivity (Wildman–Crippen MR) is 95.0 cm³/mol. The summed E-state index contributed by atoms with van der Waals surface area (Å²) in [6, 6.07) is 8.04. The Balaban J connectivity index is 1.45. The number of hydrogen-bond donors (Lipinski definition) is 0. The number of pyridine rings is 1. The summed E-state index contributed by atoms with van der Waals surface area (Å²) in [4.78, 5) is 30.2. The van der Waals surface area contributed by atoms with E-state index in [4.69, 9.17) is 0 Å². The van der Waals surface area contributed by atoms with Crippen LogP contribution in [0.15, 0.2) is 42.9 Å². The van der Waals surface area contributed by atoms with Crippen molar-refractivity contribution in [1.29, 1.82) is 0 Å². The van der Waals surface area contributed by atoms with Crippen molar-refractivity contribution in [3.8, 4) is 0 Å². The second kappa shape index (κ2) is 6.43. The lowest BCUT2D eigenvalue weighted by molar-refractivity contribution is -0.136. The number of likely N-dealkylation sites (tertiary alicyclic amines) is 1. The Morgan fingerprint density at radius 2 is 1.80 bits per heavy atom. The van der Waals surface area contributed by atoms with Gasteiger partial charge in [-0.2, -0.15) is 0 Å². The normalized spacial score (nSPS) is 22.6. The van der Waals surface area contributed by atoms with Gasteiger partial charge in [0.05, 0.1) is 5.41 Å². The van der Waals surface area contributed by atoms with E-state index in [9.17, 15) is 4.79 Å². The van der Waals surface area contributed by atoms with Crippen LogP contribution in [-0.4, -0.2) is 51.9 Å². The first-order chi connectivity index (χ1) is 12.2. The fourth-order valence-electron chi connectivity index (χ4n) is 4.19. The van der Waals surface area contributed by atoms with Crippen molar-refractivity contribution < 1.29 is 4.79 Å². The molecular formula is C19H23N5O. The monoisotopic (exact) mass is 337 g/mol. The predicted octanol–water partition coefficient (Wildman–Crippen LogP) is 1.93. The maximum atomic E-state index is 13.0. The van der Waals surface area contributed by atoms with Crippen molar-refractivity contribution in [2.24, 2.45) is 5.41 Å². The fraction of sp³-hybridized carbons (Fsp3) is 0.474. The Morgan fingerprint density at radius 1 is 1.08 bits per heavy atom. The molecule has 0 N–H and O–H groups in total. The van der Waals surface area contributed by atoms with Gasteiger partial charge in [-0.05, 0) is 37.5 Å². The largest absolute Gasteiger partial charge is 0.342 e. The molecule has 0 saturated carbocycles. The van der Waals surface area contributed by atoms with E-state index in [1.165, 1.54) is 0 Å². The van der Waals surface area contributed by atoms with Crippen molar-refractivity contribution in [2.75, 3.05) is 25.0 Å². The highest BCUT2D eigenvalue weighted by atomic mass is 16.2. The average Bonchev–Trinajstić information content (AvgIpc) is 2.89. The third kappa shape index (κ3) is 2.97.